The van der Waals surface area contributed by atoms with Crippen molar-refractivity contribution in [3.8, 4) is 0 Å². The van der Waals surface area contributed by atoms with Crippen LogP contribution in [0, 0.1) is 0 Å². The Bertz CT molecular complexity index is 674. The number of hydrogen-bond donors (Lipinski definition) is 1. The largest absolute Gasteiger partial charge is 0.467 e. The Balaban J connectivity index is 1.57. The summed E-state index contributed by atoms with van der Waals surface area (Å²) in [6.07, 6.45) is 2.05. The van der Waals surface area contributed by atoms with Crippen LogP contribution in [-0.2, 0) is 11.3 Å². The summed E-state index contributed by atoms with van der Waals surface area (Å²) in [6.45, 7) is 6.36. The second-order valence-electron chi connectivity index (χ2n) is 6.57. The summed E-state index contributed by atoms with van der Waals surface area (Å²) >= 11 is 0. The molecule has 25 heavy (non-hydrogen) atoms. The van der Waals surface area contributed by atoms with E-state index in [1.54, 1.807) is 18.2 Å². The first-order chi connectivity index (χ1) is 12.0. The molecule has 1 aliphatic heterocycles. The summed E-state index contributed by atoms with van der Waals surface area (Å²) in [6, 6.07) is 11.4. The van der Waals surface area contributed by atoms with E-state index in [1.807, 2.05) is 36.4 Å². The highest BCUT2D eigenvalue weighted by atomic mass is 16.5. The Kier molecular flexibility index (Phi) is 5.28. The Morgan fingerprint density at radius 2 is 1.88 bits per heavy atom. The van der Waals surface area contributed by atoms with Crippen molar-refractivity contribution in [1.29, 1.82) is 0 Å². The van der Waals surface area contributed by atoms with Crippen LogP contribution in [0.5, 0.6) is 0 Å². The first-order valence-corrected chi connectivity index (χ1v) is 8.56. The fourth-order valence-electron chi connectivity index (χ4n) is 3.07. The average molecular weight is 343 g/mol. The van der Waals surface area contributed by atoms with Gasteiger partial charge in [0.05, 0.1) is 25.0 Å². The number of hydrogen-bond acceptors (Lipinski definition) is 4. The van der Waals surface area contributed by atoms with Gasteiger partial charge in [-0.2, -0.15) is 0 Å². The molecular formula is C19H25N3O3. The van der Waals surface area contributed by atoms with Gasteiger partial charge in [0.15, 0.2) is 0 Å². The van der Waals surface area contributed by atoms with Crippen LogP contribution < -0.4 is 10.2 Å². The molecule has 134 valence electrons. The molecule has 2 heterocycles. The number of anilines is 2. The van der Waals surface area contributed by atoms with E-state index in [1.165, 1.54) is 0 Å². The molecular weight excluding hydrogens is 318 g/mol. The minimum absolute atomic E-state index is 0.169. The standard InChI is InChI=1S/C19H25N3O3/c1-14-11-22(12-15(2)25-14)17-8-6-16(7-9-17)20-19(23)21(3)13-18-5-4-10-24-18/h4-10,14-15H,11-13H2,1-3H3,(H,20,23)/t14-,15-/m0/s1. The zero-order valence-corrected chi connectivity index (χ0v) is 14.9. The van der Waals surface area contributed by atoms with Crippen molar-refractivity contribution in [3.63, 3.8) is 0 Å². The second-order valence-corrected chi connectivity index (χ2v) is 6.57. The monoisotopic (exact) mass is 343 g/mol. The molecule has 1 saturated heterocycles. The predicted molar refractivity (Wildman–Crippen MR) is 97.9 cm³/mol. The topological polar surface area (TPSA) is 58.0 Å². The first kappa shape index (κ1) is 17.4. The molecule has 1 aromatic heterocycles. The molecule has 0 bridgehead atoms. The van der Waals surface area contributed by atoms with E-state index in [0.29, 0.717) is 6.54 Å². The SMILES string of the molecule is C[C@H]1CN(c2ccc(NC(=O)N(C)Cc3ccco3)cc2)C[C@H](C)O1. The van der Waals surface area contributed by atoms with Crippen LogP contribution in [0.3, 0.4) is 0 Å². The number of carbonyl (C=O) groups is 1. The van der Waals surface area contributed by atoms with E-state index in [9.17, 15) is 4.79 Å². The fraction of sp³-hybridized carbons (Fsp3) is 0.421. The highest BCUT2D eigenvalue weighted by molar-refractivity contribution is 5.89. The van der Waals surface area contributed by atoms with Gasteiger partial charge >= 0.3 is 6.03 Å². The van der Waals surface area contributed by atoms with Gasteiger partial charge in [0.1, 0.15) is 5.76 Å². The van der Waals surface area contributed by atoms with E-state index in [0.717, 1.165) is 30.2 Å². The maximum Gasteiger partial charge on any atom is 0.321 e. The highest BCUT2D eigenvalue weighted by Crippen LogP contribution is 2.22. The zero-order chi connectivity index (χ0) is 17.8. The quantitative estimate of drug-likeness (QED) is 0.922. The van der Waals surface area contributed by atoms with Crippen molar-refractivity contribution < 1.29 is 13.9 Å². The Labute approximate surface area is 148 Å². The molecule has 2 amide bonds. The first-order valence-electron chi connectivity index (χ1n) is 8.56. The van der Waals surface area contributed by atoms with E-state index < -0.39 is 0 Å². The number of nitrogens with one attached hydrogen (secondary N) is 1. The molecule has 0 radical (unpaired) electrons. The number of furan rings is 1. The van der Waals surface area contributed by atoms with Gasteiger partial charge in [-0.05, 0) is 50.2 Å². The average Bonchev–Trinajstić information content (AvgIpc) is 3.07. The zero-order valence-electron chi connectivity index (χ0n) is 14.9. The molecule has 0 aliphatic carbocycles. The third kappa shape index (κ3) is 4.54. The lowest BCUT2D eigenvalue weighted by molar-refractivity contribution is -0.00521. The summed E-state index contributed by atoms with van der Waals surface area (Å²) < 4.78 is 11.0. The lowest BCUT2D eigenvalue weighted by Crippen LogP contribution is -2.45. The number of carbonyl (C=O) groups excluding carboxylic acids is 1. The molecule has 1 aromatic carbocycles. The molecule has 1 fully saturated rings. The maximum atomic E-state index is 12.3. The van der Waals surface area contributed by atoms with E-state index in [4.69, 9.17) is 9.15 Å². The summed E-state index contributed by atoms with van der Waals surface area (Å²) in [4.78, 5) is 16.2. The van der Waals surface area contributed by atoms with Gasteiger partial charge < -0.3 is 24.3 Å². The van der Waals surface area contributed by atoms with Gasteiger partial charge in [0.25, 0.3) is 0 Å². The van der Waals surface area contributed by atoms with Crippen LogP contribution in [0.2, 0.25) is 0 Å². The number of benzene rings is 1. The number of rotatable bonds is 4. The van der Waals surface area contributed by atoms with Crippen molar-refractivity contribution in [2.24, 2.45) is 0 Å². The van der Waals surface area contributed by atoms with E-state index in [2.05, 4.69) is 24.1 Å². The molecule has 6 heteroatoms. The number of nitrogens with zero attached hydrogens (tertiary/aromatic N) is 2. The van der Waals surface area contributed by atoms with Gasteiger partial charge in [-0.3, -0.25) is 0 Å². The third-order valence-electron chi connectivity index (χ3n) is 4.22. The predicted octanol–water partition coefficient (Wildman–Crippen LogP) is 3.56. The molecule has 0 saturated carbocycles. The molecule has 3 rings (SSSR count). The van der Waals surface area contributed by atoms with E-state index >= 15 is 0 Å². The van der Waals surface area contributed by atoms with Crippen LogP contribution >= 0.6 is 0 Å². The van der Waals surface area contributed by atoms with Gasteiger partial charge in [0, 0.05) is 31.5 Å². The second kappa shape index (κ2) is 7.61. The van der Waals surface area contributed by atoms with Gasteiger partial charge in [-0.15, -0.1) is 0 Å². The lowest BCUT2D eigenvalue weighted by atomic mass is 10.2. The van der Waals surface area contributed by atoms with Gasteiger partial charge in [-0.25, -0.2) is 4.79 Å². The van der Waals surface area contributed by atoms with Crippen LogP contribution in [0.25, 0.3) is 0 Å². The molecule has 1 N–H and O–H groups in total. The maximum absolute atomic E-state index is 12.3. The van der Waals surface area contributed by atoms with Crippen LogP contribution in [0.15, 0.2) is 47.1 Å². The summed E-state index contributed by atoms with van der Waals surface area (Å²) in [7, 11) is 1.74. The van der Waals surface area contributed by atoms with Crippen molar-refractivity contribution in [1.82, 2.24) is 4.90 Å². The number of urea groups is 1. The normalized spacial score (nSPS) is 20.4. The highest BCUT2D eigenvalue weighted by Gasteiger charge is 2.22. The summed E-state index contributed by atoms with van der Waals surface area (Å²) in [5, 5.41) is 2.90. The Morgan fingerprint density at radius 3 is 2.48 bits per heavy atom. The molecule has 6 nitrogen and oxygen atoms in total. The number of amides is 2. The van der Waals surface area contributed by atoms with Gasteiger partial charge in [-0.1, -0.05) is 0 Å². The van der Waals surface area contributed by atoms with Crippen LogP contribution in [-0.4, -0.2) is 43.3 Å². The lowest BCUT2D eigenvalue weighted by Gasteiger charge is -2.36. The third-order valence-corrected chi connectivity index (χ3v) is 4.22. The molecule has 0 spiro atoms. The van der Waals surface area contributed by atoms with Crippen LogP contribution in [0.4, 0.5) is 16.2 Å². The van der Waals surface area contributed by atoms with Crippen molar-refractivity contribution in [2.45, 2.75) is 32.6 Å². The molecule has 0 unspecified atom stereocenters. The Morgan fingerprint density at radius 1 is 1.20 bits per heavy atom. The van der Waals surface area contributed by atoms with Crippen molar-refractivity contribution in [2.75, 3.05) is 30.4 Å². The number of morpholine rings is 1. The van der Waals surface area contributed by atoms with E-state index in [-0.39, 0.29) is 18.2 Å². The molecule has 2 atom stereocenters. The van der Waals surface area contributed by atoms with Gasteiger partial charge in [0.2, 0.25) is 0 Å². The summed E-state index contributed by atoms with van der Waals surface area (Å²) in [5.74, 6) is 0.753. The van der Waals surface area contributed by atoms with Crippen molar-refractivity contribution in [3.05, 3.63) is 48.4 Å². The minimum Gasteiger partial charge on any atom is -0.467 e. The molecule has 2 aromatic rings. The van der Waals surface area contributed by atoms with Crippen LogP contribution in [0.1, 0.15) is 19.6 Å². The number of ether oxygens (including phenoxy) is 1. The fourth-order valence-corrected chi connectivity index (χ4v) is 3.07. The summed E-state index contributed by atoms with van der Waals surface area (Å²) in [5.41, 5.74) is 1.92. The minimum atomic E-state index is -0.169. The molecule has 1 aliphatic rings. The Hall–Kier alpha value is -2.47. The smallest absolute Gasteiger partial charge is 0.321 e. The van der Waals surface area contributed by atoms with Crippen molar-refractivity contribution >= 4 is 17.4 Å².